The summed E-state index contributed by atoms with van der Waals surface area (Å²) >= 11 is 0. The fourth-order valence-electron chi connectivity index (χ4n) is 0.187. The van der Waals surface area contributed by atoms with E-state index >= 15 is 0 Å². The van der Waals surface area contributed by atoms with Crippen molar-refractivity contribution < 1.29 is 62.5 Å². The number of hydrogen-bond acceptors (Lipinski definition) is 6. The van der Waals surface area contributed by atoms with Crippen molar-refractivity contribution in [3.05, 3.63) is 0 Å². The first-order valence-corrected chi connectivity index (χ1v) is 7.51. The molecule has 16 heteroatoms. The van der Waals surface area contributed by atoms with Gasteiger partial charge >= 0.3 is 31.3 Å². The van der Waals surface area contributed by atoms with Gasteiger partial charge in [0.05, 0.1) is 6.10 Å². The van der Waals surface area contributed by atoms with E-state index in [1.54, 1.807) is 6.92 Å². The molecule has 138 valence electrons. The van der Waals surface area contributed by atoms with Gasteiger partial charge in [-0.3, -0.25) is 9.11 Å². The largest absolute Gasteiger partial charge is 0.522 e. The van der Waals surface area contributed by atoms with Gasteiger partial charge in [0.1, 0.15) is 0 Å². The Morgan fingerprint density at radius 1 is 0.864 bits per heavy atom. The van der Waals surface area contributed by atoms with E-state index < -0.39 is 31.3 Å². The van der Waals surface area contributed by atoms with E-state index in [4.69, 9.17) is 36.2 Å². The van der Waals surface area contributed by atoms with Crippen LogP contribution in [0.25, 0.3) is 0 Å². The fourth-order valence-corrected chi connectivity index (χ4v) is 0.187. The smallest absolute Gasteiger partial charge is 0.396 e. The summed E-state index contributed by atoms with van der Waals surface area (Å²) in [4.78, 5) is 0. The first-order chi connectivity index (χ1) is 9.27. The molecule has 0 bridgehead atoms. The van der Waals surface area contributed by atoms with Crippen molar-refractivity contribution in [2.24, 2.45) is 0 Å². The molecule has 0 aliphatic carbocycles. The van der Waals surface area contributed by atoms with Gasteiger partial charge in [0, 0.05) is 6.61 Å². The SMILES string of the molecule is CC(O)CCO.O=S(=O)(O)C(F)(F)F.O=S(=O)(O)C(F)(F)F. The number of halogens is 6. The lowest BCUT2D eigenvalue weighted by Crippen LogP contribution is -2.21. The summed E-state index contributed by atoms with van der Waals surface area (Å²) in [7, 11) is -11.7. The Morgan fingerprint density at radius 2 is 1.05 bits per heavy atom. The summed E-state index contributed by atoms with van der Waals surface area (Å²) in [5.74, 6) is 0. The van der Waals surface area contributed by atoms with Gasteiger partial charge in [0.15, 0.2) is 0 Å². The molecule has 0 aliphatic rings. The van der Waals surface area contributed by atoms with Crippen molar-refractivity contribution in [3.63, 3.8) is 0 Å². The van der Waals surface area contributed by atoms with Crippen molar-refractivity contribution in [1.82, 2.24) is 0 Å². The molecule has 0 heterocycles. The number of aliphatic hydroxyl groups excluding tert-OH is 2. The Kier molecular flexibility index (Phi) is 11.3. The minimum Gasteiger partial charge on any atom is -0.396 e. The Bertz CT molecular complexity index is 448. The predicted molar refractivity (Wildman–Crippen MR) is 58.6 cm³/mol. The Labute approximate surface area is 120 Å². The lowest BCUT2D eigenvalue weighted by molar-refractivity contribution is -0.0514. The zero-order chi connectivity index (χ0) is 19.0. The van der Waals surface area contributed by atoms with Crippen LogP contribution < -0.4 is 0 Å². The normalized spacial score (nSPS) is 14.1. The highest BCUT2D eigenvalue weighted by atomic mass is 32.2. The van der Waals surface area contributed by atoms with Gasteiger partial charge in [0.25, 0.3) is 0 Å². The topological polar surface area (TPSA) is 149 Å². The average Bonchev–Trinajstić information content (AvgIpc) is 2.11. The van der Waals surface area contributed by atoms with E-state index in [-0.39, 0.29) is 12.7 Å². The van der Waals surface area contributed by atoms with Gasteiger partial charge in [-0.2, -0.15) is 43.2 Å². The van der Waals surface area contributed by atoms with Crippen LogP contribution in [0.4, 0.5) is 26.3 Å². The van der Waals surface area contributed by atoms with E-state index in [9.17, 15) is 26.3 Å². The molecule has 0 rings (SSSR count). The van der Waals surface area contributed by atoms with E-state index in [2.05, 4.69) is 0 Å². The number of rotatable bonds is 2. The molecule has 0 aromatic carbocycles. The monoisotopic (exact) mass is 390 g/mol. The molecule has 8 nitrogen and oxygen atoms in total. The molecule has 0 fully saturated rings. The maximum atomic E-state index is 10.7. The summed E-state index contributed by atoms with van der Waals surface area (Å²) in [6.45, 7) is 1.73. The molecule has 0 saturated heterocycles. The molecule has 0 aliphatic heterocycles. The maximum Gasteiger partial charge on any atom is 0.522 e. The molecule has 4 N–H and O–H groups in total. The molecule has 0 aromatic rings. The summed E-state index contributed by atoms with van der Waals surface area (Å²) in [5.41, 5.74) is -11.1. The highest BCUT2D eigenvalue weighted by Crippen LogP contribution is 2.21. The van der Waals surface area contributed by atoms with Crippen LogP contribution in [-0.4, -0.2) is 59.9 Å². The van der Waals surface area contributed by atoms with Crippen LogP contribution in [0, 0.1) is 0 Å². The third-order valence-corrected chi connectivity index (χ3v) is 2.30. The Morgan fingerprint density at radius 3 is 1.05 bits per heavy atom. The minimum absolute atomic E-state index is 0.0810. The molecule has 0 amide bonds. The van der Waals surface area contributed by atoms with Gasteiger partial charge < -0.3 is 10.2 Å². The van der Waals surface area contributed by atoms with Crippen LogP contribution >= 0.6 is 0 Å². The minimum atomic E-state index is -5.84. The van der Waals surface area contributed by atoms with Crippen molar-refractivity contribution >= 4 is 20.2 Å². The third-order valence-electron chi connectivity index (χ3n) is 1.13. The summed E-state index contributed by atoms with van der Waals surface area (Å²) in [6, 6.07) is 0. The first kappa shape index (κ1) is 26.2. The molecule has 1 atom stereocenters. The molecule has 0 aromatic heterocycles. The van der Waals surface area contributed by atoms with Gasteiger partial charge in [0.2, 0.25) is 0 Å². The quantitative estimate of drug-likeness (QED) is 0.303. The van der Waals surface area contributed by atoms with Gasteiger partial charge in [-0.25, -0.2) is 0 Å². The second kappa shape index (κ2) is 9.46. The van der Waals surface area contributed by atoms with Gasteiger partial charge in [-0.15, -0.1) is 0 Å². The number of aliphatic hydroxyl groups is 2. The van der Waals surface area contributed by atoms with E-state index in [0.29, 0.717) is 6.42 Å². The highest BCUT2D eigenvalue weighted by molar-refractivity contribution is 7.86. The summed E-state index contributed by atoms with van der Waals surface area (Å²) in [5, 5.41) is 16.5. The third kappa shape index (κ3) is 15.7. The van der Waals surface area contributed by atoms with Crippen molar-refractivity contribution in [2.75, 3.05) is 6.61 Å². The molecular formula is C6H12F6O8S2. The predicted octanol–water partition coefficient (Wildman–Crippen LogP) is 0.538. The second-order valence-corrected chi connectivity index (χ2v) is 6.03. The first-order valence-electron chi connectivity index (χ1n) is 4.63. The molecule has 1 unspecified atom stereocenters. The summed E-state index contributed by atoms with van der Waals surface area (Å²) in [6.07, 6.45) is 0.134. The van der Waals surface area contributed by atoms with Crippen molar-refractivity contribution in [2.45, 2.75) is 30.5 Å². The highest BCUT2D eigenvalue weighted by Gasteiger charge is 2.45. The van der Waals surface area contributed by atoms with Gasteiger partial charge in [-0.05, 0) is 13.3 Å². The molecule has 0 saturated carbocycles. The average molecular weight is 390 g/mol. The number of hydrogen-bond donors (Lipinski definition) is 4. The van der Waals surface area contributed by atoms with Gasteiger partial charge in [-0.1, -0.05) is 0 Å². The molecule has 0 spiro atoms. The summed E-state index contributed by atoms with van der Waals surface area (Å²) < 4.78 is 115. The standard InChI is InChI=1S/C4H10O2.2CHF3O3S/c1-4(6)2-3-5;2*2-1(3,4)8(5,6)7/h4-6H,2-3H2,1H3;2*(H,5,6,7). The van der Waals surface area contributed by atoms with Crippen LogP contribution in [0.5, 0.6) is 0 Å². The van der Waals surface area contributed by atoms with Crippen LogP contribution in [0.15, 0.2) is 0 Å². The molecule has 0 radical (unpaired) electrons. The zero-order valence-corrected chi connectivity index (χ0v) is 12.1. The molecular weight excluding hydrogens is 378 g/mol. The van der Waals surface area contributed by atoms with Crippen molar-refractivity contribution in [1.29, 1.82) is 0 Å². The Balaban J connectivity index is -0.000000249. The number of alkyl halides is 6. The van der Waals surface area contributed by atoms with E-state index in [1.807, 2.05) is 0 Å². The van der Waals surface area contributed by atoms with E-state index in [0.717, 1.165) is 0 Å². The molecule has 22 heavy (non-hydrogen) atoms. The zero-order valence-electron chi connectivity index (χ0n) is 10.5. The maximum absolute atomic E-state index is 10.7. The van der Waals surface area contributed by atoms with Crippen LogP contribution in [0.2, 0.25) is 0 Å². The van der Waals surface area contributed by atoms with Crippen LogP contribution in [0.3, 0.4) is 0 Å². The fraction of sp³-hybridized carbons (Fsp3) is 1.00. The second-order valence-electron chi connectivity index (χ2n) is 3.20. The van der Waals surface area contributed by atoms with Crippen LogP contribution in [-0.2, 0) is 20.2 Å². The lowest BCUT2D eigenvalue weighted by Gasteiger charge is -1.97. The van der Waals surface area contributed by atoms with Crippen LogP contribution in [0.1, 0.15) is 13.3 Å². The Hall–Kier alpha value is -0.680. The lowest BCUT2D eigenvalue weighted by atomic mass is 10.3. The van der Waals surface area contributed by atoms with E-state index in [1.165, 1.54) is 0 Å². The van der Waals surface area contributed by atoms with Crippen molar-refractivity contribution in [3.8, 4) is 0 Å².